The fourth-order valence-electron chi connectivity index (χ4n) is 1.21. The van der Waals surface area contributed by atoms with Crippen LogP contribution in [0, 0.1) is 0 Å². The third-order valence-corrected chi connectivity index (χ3v) is 3.07. The van der Waals surface area contributed by atoms with Gasteiger partial charge in [0.2, 0.25) is 5.13 Å². The summed E-state index contributed by atoms with van der Waals surface area (Å²) in [7, 11) is 0. The van der Waals surface area contributed by atoms with Gasteiger partial charge in [0.25, 0.3) is 0 Å². The number of aromatic nitrogens is 2. The third-order valence-electron chi connectivity index (χ3n) is 2.40. The molecule has 0 aromatic carbocycles. The first-order valence-electron chi connectivity index (χ1n) is 4.59. The van der Waals surface area contributed by atoms with E-state index in [2.05, 4.69) is 21.6 Å². The van der Waals surface area contributed by atoms with Gasteiger partial charge in [0.15, 0.2) is 0 Å². The summed E-state index contributed by atoms with van der Waals surface area (Å²) in [6, 6.07) is 0. The molecule has 1 saturated carbocycles. The fourth-order valence-corrected chi connectivity index (χ4v) is 1.98. The van der Waals surface area contributed by atoms with Crippen molar-refractivity contribution in [2.75, 3.05) is 11.9 Å². The molecule has 5 heteroatoms. The summed E-state index contributed by atoms with van der Waals surface area (Å²) in [6.07, 6.45) is 3.21. The van der Waals surface area contributed by atoms with Crippen LogP contribution >= 0.6 is 11.5 Å². The lowest BCUT2D eigenvalue weighted by Gasteiger charge is -2.12. The Kier molecular flexibility index (Phi) is 2.21. The normalized spacial score (nSPS) is 18.6. The summed E-state index contributed by atoms with van der Waals surface area (Å²) < 4.78 is 4.21. The highest BCUT2D eigenvalue weighted by molar-refractivity contribution is 7.09. The number of nitrogens with one attached hydrogen (secondary N) is 1. The molecule has 0 atom stereocenters. The molecule has 0 unspecified atom stereocenters. The molecule has 0 amide bonds. The van der Waals surface area contributed by atoms with E-state index in [1.54, 1.807) is 0 Å². The number of nitrogens with zero attached hydrogens (tertiary/aromatic N) is 2. The van der Waals surface area contributed by atoms with E-state index in [9.17, 15) is 0 Å². The maximum absolute atomic E-state index is 5.65. The highest BCUT2D eigenvalue weighted by Crippen LogP contribution is 2.38. The van der Waals surface area contributed by atoms with Crippen LogP contribution in [0.2, 0.25) is 0 Å². The number of nitrogens with two attached hydrogens (primary N) is 1. The lowest BCUT2D eigenvalue weighted by molar-refractivity contribution is 0.740. The third kappa shape index (κ3) is 1.81. The van der Waals surface area contributed by atoms with Crippen LogP contribution in [0.15, 0.2) is 0 Å². The van der Waals surface area contributed by atoms with E-state index in [-0.39, 0.29) is 5.54 Å². The lowest BCUT2D eigenvalue weighted by atomic mass is 10.3. The number of hydrogen-bond donors (Lipinski definition) is 2. The zero-order valence-electron chi connectivity index (χ0n) is 7.71. The molecule has 0 spiro atoms. The highest BCUT2D eigenvalue weighted by Gasteiger charge is 2.41. The van der Waals surface area contributed by atoms with Gasteiger partial charge in [0, 0.05) is 24.5 Å². The quantitative estimate of drug-likeness (QED) is 0.757. The fraction of sp³-hybridized carbons (Fsp3) is 0.750. The molecule has 1 heterocycles. The molecular weight excluding hydrogens is 184 g/mol. The standard InChI is InChI=1S/C8H14N4S/c1-2-6-10-7(13-12-6)11-8(5-9)3-4-8/h2-5,9H2,1H3,(H,10,11,12). The van der Waals surface area contributed by atoms with E-state index in [1.807, 2.05) is 0 Å². The van der Waals surface area contributed by atoms with E-state index >= 15 is 0 Å². The zero-order valence-corrected chi connectivity index (χ0v) is 8.52. The largest absolute Gasteiger partial charge is 0.354 e. The predicted molar refractivity (Wildman–Crippen MR) is 53.9 cm³/mol. The van der Waals surface area contributed by atoms with Crippen molar-refractivity contribution in [1.82, 2.24) is 9.36 Å². The topological polar surface area (TPSA) is 63.8 Å². The van der Waals surface area contributed by atoms with Crippen LogP contribution in [0.3, 0.4) is 0 Å². The second kappa shape index (κ2) is 3.23. The van der Waals surface area contributed by atoms with Gasteiger partial charge in [-0.1, -0.05) is 6.92 Å². The van der Waals surface area contributed by atoms with Crippen LogP contribution in [-0.2, 0) is 6.42 Å². The van der Waals surface area contributed by atoms with Crippen LogP contribution in [-0.4, -0.2) is 21.4 Å². The van der Waals surface area contributed by atoms with Crippen LogP contribution < -0.4 is 11.1 Å². The zero-order chi connectivity index (χ0) is 9.31. The van der Waals surface area contributed by atoms with Crippen molar-refractivity contribution in [3.05, 3.63) is 5.82 Å². The first-order valence-corrected chi connectivity index (χ1v) is 5.36. The molecule has 0 aliphatic heterocycles. The number of aryl methyl sites for hydroxylation is 1. The highest BCUT2D eigenvalue weighted by atomic mass is 32.1. The summed E-state index contributed by atoms with van der Waals surface area (Å²) in [4.78, 5) is 4.34. The number of rotatable bonds is 4. The SMILES string of the molecule is CCc1nsc(NC2(CN)CC2)n1. The Balaban J connectivity index is 2.01. The maximum Gasteiger partial charge on any atom is 0.203 e. The Labute approximate surface area is 81.7 Å². The molecule has 1 fully saturated rings. The van der Waals surface area contributed by atoms with Crippen molar-refractivity contribution >= 4 is 16.7 Å². The second-order valence-electron chi connectivity index (χ2n) is 3.48. The first-order chi connectivity index (χ1) is 6.28. The summed E-state index contributed by atoms with van der Waals surface area (Å²) >= 11 is 1.43. The minimum absolute atomic E-state index is 0.143. The molecule has 0 saturated heterocycles. The molecule has 1 aliphatic rings. The Morgan fingerprint density at radius 3 is 2.85 bits per heavy atom. The number of anilines is 1. The Morgan fingerprint density at radius 2 is 2.38 bits per heavy atom. The van der Waals surface area contributed by atoms with Gasteiger partial charge in [0.1, 0.15) is 5.82 Å². The van der Waals surface area contributed by atoms with Crippen LogP contribution in [0.25, 0.3) is 0 Å². The second-order valence-corrected chi connectivity index (χ2v) is 4.23. The minimum atomic E-state index is 0.143. The molecule has 3 N–H and O–H groups in total. The van der Waals surface area contributed by atoms with E-state index in [0.717, 1.165) is 30.2 Å². The van der Waals surface area contributed by atoms with Crippen LogP contribution in [0.4, 0.5) is 5.13 Å². The molecule has 0 bridgehead atoms. The van der Waals surface area contributed by atoms with Gasteiger partial charge in [-0.2, -0.15) is 4.37 Å². The van der Waals surface area contributed by atoms with Crippen molar-refractivity contribution < 1.29 is 0 Å². The molecule has 1 aromatic rings. The molecular formula is C8H14N4S. The summed E-state index contributed by atoms with van der Waals surface area (Å²) in [5, 5.41) is 4.27. The first kappa shape index (κ1) is 8.90. The molecule has 4 nitrogen and oxygen atoms in total. The number of hydrogen-bond acceptors (Lipinski definition) is 5. The van der Waals surface area contributed by atoms with Gasteiger partial charge in [0.05, 0.1) is 5.54 Å². The van der Waals surface area contributed by atoms with Crippen molar-refractivity contribution in [1.29, 1.82) is 0 Å². The van der Waals surface area contributed by atoms with Gasteiger partial charge in [-0.15, -0.1) is 0 Å². The monoisotopic (exact) mass is 198 g/mol. The van der Waals surface area contributed by atoms with Gasteiger partial charge < -0.3 is 11.1 Å². The molecule has 1 aliphatic carbocycles. The van der Waals surface area contributed by atoms with E-state index in [1.165, 1.54) is 11.5 Å². The van der Waals surface area contributed by atoms with Gasteiger partial charge in [-0.3, -0.25) is 0 Å². The van der Waals surface area contributed by atoms with Crippen LogP contribution in [0.1, 0.15) is 25.6 Å². The van der Waals surface area contributed by atoms with E-state index in [0.29, 0.717) is 6.54 Å². The van der Waals surface area contributed by atoms with Gasteiger partial charge in [-0.25, -0.2) is 4.98 Å². The van der Waals surface area contributed by atoms with Crippen LogP contribution in [0.5, 0.6) is 0 Å². The smallest absolute Gasteiger partial charge is 0.203 e. The van der Waals surface area contributed by atoms with Crippen molar-refractivity contribution in [3.63, 3.8) is 0 Å². The van der Waals surface area contributed by atoms with Crippen molar-refractivity contribution in [3.8, 4) is 0 Å². The van der Waals surface area contributed by atoms with Gasteiger partial charge >= 0.3 is 0 Å². The average molecular weight is 198 g/mol. The average Bonchev–Trinajstić information content (AvgIpc) is 2.77. The predicted octanol–water partition coefficient (Wildman–Crippen LogP) is 1.00. The Hall–Kier alpha value is -0.680. The molecule has 13 heavy (non-hydrogen) atoms. The lowest BCUT2D eigenvalue weighted by Crippen LogP contribution is -2.30. The molecule has 72 valence electrons. The molecule has 0 radical (unpaired) electrons. The minimum Gasteiger partial charge on any atom is -0.354 e. The molecule has 2 rings (SSSR count). The van der Waals surface area contributed by atoms with Crippen molar-refractivity contribution in [2.45, 2.75) is 31.7 Å². The van der Waals surface area contributed by atoms with E-state index in [4.69, 9.17) is 5.73 Å². The Morgan fingerprint density at radius 1 is 1.62 bits per heavy atom. The summed E-state index contributed by atoms with van der Waals surface area (Å²) in [6.45, 7) is 2.75. The summed E-state index contributed by atoms with van der Waals surface area (Å²) in [5.41, 5.74) is 5.79. The van der Waals surface area contributed by atoms with E-state index < -0.39 is 0 Å². The summed E-state index contributed by atoms with van der Waals surface area (Å²) in [5.74, 6) is 0.917. The molecule has 1 aromatic heterocycles. The Bertz CT molecular complexity index is 292. The maximum atomic E-state index is 5.65. The van der Waals surface area contributed by atoms with Crippen molar-refractivity contribution in [2.24, 2.45) is 5.73 Å². The van der Waals surface area contributed by atoms with Gasteiger partial charge in [-0.05, 0) is 12.8 Å².